The number of halogens is 1. The summed E-state index contributed by atoms with van der Waals surface area (Å²) in [6.45, 7) is 1.50. The number of nitrogens with zero attached hydrogens (tertiary/aromatic N) is 1. The van der Waals surface area contributed by atoms with Gasteiger partial charge in [-0.1, -0.05) is 0 Å². The second-order valence-electron chi connectivity index (χ2n) is 5.11. The number of rotatable bonds is 4. The molecule has 1 aromatic rings. The van der Waals surface area contributed by atoms with Crippen LogP contribution in [0.15, 0.2) is 16.6 Å². The summed E-state index contributed by atoms with van der Waals surface area (Å²) in [5.41, 5.74) is 0.492. The van der Waals surface area contributed by atoms with Crippen LogP contribution in [0.1, 0.15) is 23.2 Å². The highest BCUT2D eigenvalue weighted by molar-refractivity contribution is 9.10. The van der Waals surface area contributed by atoms with E-state index in [1.807, 2.05) is 0 Å². The van der Waals surface area contributed by atoms with Crippen molar-refractivity contribution in [2.45, 2.75) is 12.8 Å². The fourth-order valence-electron chi connectivity index (χ4n) is 2.54. The van der Waals surface area contributed by atoms with E-state index in [0.29, 0.717) is 40.5 Å². The van der Waals surface area contributed by atoms with Gasteiger partial charge in [-0.2, -0.15) is 0 Å². The van der Waals surface area contributed by atoms with Crippen molar-refractivity contribution < 1.29 is 19.4 Å². The van der Waals surface area contributed by atoms with Gasteiger partial charge in [0.1, 0.15) is 11.5 Å². The molecule has 6 heteroatoms. The molecule has 116 valence electrons. The Labute approximate surface area is 133 Å². The van der Waals surface area contributed by atoms with E-state index in [2.05, 4.69) is 15.9 Å². The van der Waals surface area contributed by atoms with Gasteiger partial charge in [-0.25, -0.2) is 0 Å². The zero-order chi connectivity index (χ0) is 15.4. The smallest absolute Gasteiger partial charge is 0.257 e. The molecule has 1 heterocycles. The summed E-state index contributed by atoms with van der Waals surface area (Å²) in [5.74, 6) is 1.36. The molecule has 21 heavy (non-hydrogen) atoms. The number of likely N-dealkylation sites (tertiary alicyclic amines) is 1. The summed E-state index contributed by atoms with van der Waals surface area (Å²) in [4.78, 5) is 14.5. The molecule has 1 fully saturated rings. The summed E-state index contributed by atoms with van der Waals surface area (Å²) in [7, 11) is 3.11. The Morgan fingerprint density at radius 3 is 2.52 bits per heavy atom. The summed E-state index contributed by atoms with van der Waals surface area (Å²) in [6.07, 6.45) is 1.66. The van der Waals surface area contributed by atoms with Crippen molar-refractivity contribution in [1.82, 2.24) is 4.90 Å². The Kier molecular flexibility index (Phi) is 5.47. The summed E-state index contributed by atoms with van der Waals surface area (Å²) in [6, 6.07) is 3.47. The van der Waals surface area contributed by atoms with Gasteiger partial charge in [0, 0.05) is 19.7 Å². The van der Waals surface area contributed by atoms with Crippen LogP contribution in [0, 0.1) is 5.92 Å². The van der Waals surface area contributed by atoms with E-state index in [1.54, 1.807) is 31.3 Å². The maximum Gasteiger partial charge on any atom is 0.257 e. The lowest BCUT2D eigenvalue weighted by atomic mass is 9.97. The minimum Gasteiger partial charge on any atom is -0.497 e. The second-order valence-corrected chi connectivity index (χ2v) is 5.96. The number of methoxy groups -OCH3 is 2. The van der Waals surface area contributed by atoms with Gasteiger partial charge in [-0.05, 0) is 46.8 Å². The van der Waals surface area contributed by atoms with Gasteiger partial charge in [0.15, 0.2) is 0 Å². The molecule has 1 aliphatic rings. The van der Waals surface area contributed by atoms with Crippen molar-refractivity contribution >= 4 is 21.8 Å². The summed E-state index contributed by atoms with van der Waals surface area (Å²) in [5, 5.41) is 9.17. The molecule has 1 N–H and O–H groups in total. The molecule has 1 aromatic carbocycles. The van der Waals surface area contributed by atoms with Crippen LogP contribution in [0.3, 0.4) is 0 Å². The average Bonchev–Trinajstić information content (AvgIpc) is 2.53. The van der Waals surface area contributed by atoms with Gasteiger partial charge in [0.2, 0.25) is 0 Å². The monoisotopic (exact) mass is 357 g/mol. The lowest BCUT2D eigenvalue weighted by Gasteiger charge is -2.31. The Hall–Kier alpha value is -1.27. The third kappa shape index (κ3) is 3.49. The number of benzene rings is 1. The van der Waals surface area contributed by atoms with E-state index in [1.165, 1.54) is 0 Å². The van der Waals surface area contributed by atoms with Crippen molar-refractivity contribution in [1.29, 1.82) is 0 Å². The summed E-state index contributed by atoms with van der Waals surface area (Å²) >= 11 is 3.40. The number of amides is 1. The molecular formula is C15H20BrNO4. The normalized spacial score (nSPS) is 15.9. The van der Waals surface area contributed by atoms with Gasteiger partial charge < -0.3 is 19.5 Å². The Balaban J connectivity index is 2.24. The van der Waals surface area contributed by atoms with E-state index in [0.717, 1.165) is 12.8 Å². The first-order valence-electron chi connectivity index (χ1n) is 6.92. The van der Waals surface area contributed by atoms with Gasteiger partial charge >= 0.3 is 0 Å². The largest absolute Gasteiger partial charge is 0.497 e. The molecule has 1 aliphatic heterocycles. The van der Waals surface area contributed by atoms with E-state index in [9.17, 15) is 9.90 Å². The zero-order valence-corrected chi connectivity index (χ0v) is 13.9. The van der Waals surface area contributed by atoms with E-state index in [-0.39, 0.29) is 12.5 Å². The van der Waals surface area contributed by atoms with E-state index in [4.69, 9.17) is 9.47 Å². The first kappa shape index (κ1) is 16.1. The molecule has 1 saturated heterocycles. The Morgan fingerprint density at radius 1 is 1.33 bits per heavy atom. The zero-order valence-electron chi connectivity index (χ0n) is 12.3. The predicted octanol–water partition coefficient (Wildman–Crippen LogP) is 2.31. The maximum absolute atomic E-state index is 12.7. The first-order chi connectivity index (χ1) is 10.1. The molecule has 0 radical (unpaired) electrons. The van der Waals surface area contributed by atoms with Crippen molar-refractivity contribution in [3.63, 3.8) is 0 Å². The minimum atomic E-state index is -0.0668. The fraction of sp³-hybridized carbons (Fsp3) is 0.533. The summed E-state index contributed by atoms with van der Waals surface area (Å²) < 4.78 is 11.3. The second kappa shape index (κ2) is 7.13. The maximum atomic E-state index is 12.7. The standard InChI is InChI=1S/C15H20BrNO4/c1-20-11-7-12(14(21-2)13(16)8-11)15(19)17-5-3-10(9-18)4-6-17/h7-8,10,18H,3-6,9H2,1-2H3. The highest BCUT2D eigenvalue weighted by atomic mass is 79.9. The van der Waals surface area contributed by atoms with Crippen molar-refractivity contribution in [2.75, 3.05) is 33.9 Å². The van der Waals surface area contributed by atoms with Crippen LogP contribution in [0.5, 0.6) is 11.5 Å². The van der Waals surface area contributed by atoms with Crippen LogP contribution in [0.25, 0.3) is 0 Å². The minimum absolute atomic E-state index is 0.0668. The topological polar surface area (TPSA) is 59.0 Å². The molecule has 5 nitrogen and oxygen atoms in total. The molecule has 0 aliphatic carbocycles. The van der Waals surface area contributed by atoms with Gasteiger partial charge in [0.25, 0.3) is 5.91 Å². The molecule has 0 aromatic heterocycles. The average molecular weight is 358 g/mol. The lowest BCUT2D eigenvalue weighted by Crippen LogP contribution is -2.39. The van der Waals surface area contributed by atoms with Gasteiger partial charge in [-0.3, -0.25) is 4.79 Å². The highest BCUT2D eigenvalue weighted by Crippen LogP contribution is 2.34. The van der Waals surface area contributed by atoms with Crippen molar-refractivity contribution in [2.24, 2.45) is 5.92 Å². The third-order valence-corrected chi connectivity index (χ3v) is 4.44. The number of piperidine rings is 1. The number of carbonyl (C=O) groups excluding carboxylic acids is 1. The molecule has 0 spiro atoms. The van der Waals surface area contributed by atoms with Crippen molar-refractivity contribution in [3.8, 4) is 11.5 Å². The van der Waals surface area contributed by atoms with Crippen LogP contribution in [-0.4, -0.2) is 49.8 Å². The predicted molar refractivity (Wildman–Crippen MR) is 83.0 cm³/mol. The molecule has 2 rings (SSSR count). The molecule has 0 saturated carbocycles. The van der Waals surface area contributed by atoms with Crippen LogP contribution in [-0.2, 0) is 0 Å². The van der Waals surface area contributed by atoms with Crippen LogP contribution in [0.2, 0.25) is 0 Å². The Bertz CT molecular complexity index is 513. The number of ether oxygens (including phenoxy) is 2. The third-order valence-electron chi connectivity index (χ3n) is 3.85. The van der Waals surface area contributed by atoms with E-state index < -0.39 is 0 Å². The fourth-order valence-corrected chi connectivity index (χ4v) is 3.14. The van der Waals surface area contributed by atoms with Crippen LogP contribution >= 0.6 is 15.9 Å². The molecule has 0 unspecified atom stereocenters. The lowest BCUT2D eigenvalue weighted by molar-refractivity contribution is 0.0647. The number of hydrogen-bond donors (Lipinski definition) is 1. The molecule has 0 bridgehead atoms. The highest BCUT2D eigenvalue weighted by Gasteiger charge is 2.26. The molecule has 1 amide bonds. The molecular weight excluding hydrogens is 338 g/mol. The van der Waals surface area contributed by atoms with Crippen LogP contribution < -0.4 is 9.47 Å². The van der Waals surface area contributed by atoms with E-state index >= 15 is 0 Å². The number of hydrogen-bond acceptors (Lipinski definition) is 4. The van der Waals surface area contributed by atoms with Crippen LogP contribution in [0.4, 0.5) is 0 Å². The SMILES string of the molecule is COc1cc(Br)c(OC)c(C(=O)N2CCC(CO)CC2)c1. The quantitative estimate of drug-likeness (QED) is 0.898. The number of carbonyl (C=O) groups is 1. The molecule has 0 atom stereocenters. The van der Waals surface area contributed by atoms with Gasteiger partial charge in [-0.15, -0.1) is 0 Å². The number of aliphatic hydroxyl groups is 1. The number of aliphatic hydroxyl groups excluding tert-OH is 1. The Morgan fingerprint density at radius 2 is 2.00 bits per heavy atom. The van der Waals surface area contributed by atoms with Crippen molar-refractivity contribution in [3.05, 3.63) is 22.2 Å². The van der Waals surface area contributed by atoms with Gasteiger partial charge in [0.05, 0.1) is 24.3 Å². The first-order valence-corrected chi connectivity index (χ1v) is 7.71.